The van der Waals surface area contributed by atoms with Crippen molar-refractivity contribution in [3.63, 3.8) is 0 Å². The van der Waals surface area contributed by atoms with Gasteiger partial charge in [-0.05, 0) is 41.5 Å². The summed E-state index contributed by atoms with van der Waals surface area (Å²) in [5, 5.41) is 2.53. The zero-order valence-corrected chi connectivity index (χ0v) is 18.6. The van der Waals surface area contributed by atoms with Gasteiger partial charge in [-0.25, -0.2) is 0 Å². The van der Waals surface area contributed by atoms with Crippen LogP contribution in [0, 0.1) is 0 Å². The second-order valence-corrected chi connectivity index (χ2v) is 7.91. The minimum absolute atomic E-state index is 0.0394. The van der Waals surface area contributed by atoms with Gasteiger partial charge in [0.1, 0.15) is 13.2 Å². The Morgan fingerprint density at radius 1 is 1.09 bits per heavy atom. The molecule has 0 radical (unpaired) electrons. The summed E-state index contributed by atoms with van der Waals surface area (Å²) in [6.45, 7) is 0.781. The molecule has 10 heteroatoms. The highest BCUT2D eigenvalue weighted by atomic mass is 19.4. The number of amides is 2. The maximum atomic E-state index is 13.2. The van der Waals surface area contributed by atoms with E-state index < -0.39 is 23.6 Å². The number of anilines is 2. The fourth-order valence-corrected chi connectivity index (χ4v) is 3.76. The lowest BCUT2D eigenvalue weighted by atomic mass is 9.99. The Morgan fingerprint density at radius 3 is 2.49 bits per heavy atom. The molecule has 0 fully saturated rings. The van der Waals surface area contributed by atoms with Crippen molar-refractivity contribution in [2.45, 2.75) is 26.1 Å². The summed E-state index contributed by atoms with van der Waals surface area (Å²) < 4.78 is 43.4. The third-order valence-electron chi connectivity index (χ3n) is 5.40. The summed E-state index contributed by atoms with van der Waals surface area (Å²) in [6.07, 6.45) is -2.89. The molecule has 0 spiro atoms. The molecule has 4 rings (SSSR count). The molecule has 2 aromatic carbocycles. The van der Waals surface area contributed by atoms with Gasteiger partial charge in [-0.15, -0.1) is 0 Å². The van der Waals surface area contributed by atoms with Crippen molar-refractivity contribution in [1.29, 1.82) is 0 Å². The van der Waals surface area contributed by atoms with Crippen LogP contribution in [0.25, 0.3) is 11.1 Å². The number of carbonyl (C=O) groups excluding carboxylic acids is 3. The standard InChI is InChI=1S/C25H20F3N3O4/c1-15(32)35-14-19-11-22-21(12-29-19)20-5-3-2-4-16(20)10-24(34)31(22)13-23(33)30-18-8-6-17(7-9-18)25(26,27)28/h2-9,11-12H,10,13-14H2,1H3,(H,30,33). The summed E-state index contributed by atoms with van der Waals surface area (Å²) in [5.74, 6) is -1.42. The Balaban J connectivity index is 1.63. The molecule has 0 atom stereocenters. The number of fused-ring (bicyclic) bond motifs is 3. The van der Waals surface area contributed by atoms with Gasteiger partial charge >= 0.3 is 12.1 Å². The van der Waals surface area contributed by atoms with Gasteiger partial charge in [0.05, 0.1) is 23.4 Å². The first kappa shape index (κ1) is 23.9. The molecule has 7 nitrogen and oxygen atoms in total. The fourth-order valence-electron chi connectivity index (χ4n) is 3.76. The van der Waals surface area contributed by atoms with Gasteiger partial charge in [0.15, 0.2) is 0 Å². The van der Waals surface area contributed by atoms with E-state index in [1.807, 2.05) is 18.2 Å². The van der Waals surface area contributed by atoms with E-state index in [1.54, 1.807) is 18.3 Å². The van der Waals surface area contributed by atoms with Crippen LogP contribution in [0.2, 0.25) is 0 Å². The summed E-state index contributed by atoms with van der Waals surface area (Å²) in [6, 6.07) is 12.9. The minimum atomic E-state index is -4.49. The van der Waals surface area contributed by atoms with Crippen LogP contribution in [-0.4, -0.2) is 29.3 Å². The first-order valence-electron chi connectivity index (χ1n) is 10.6. The lowest BCUT2D eigenvalue weighted by Crippen LogP contribution is -2.38. The monoisotopic (exact) mass is 483 g/mol. The normalized spacial score (nSPS) is 12.9. The van der Waals surface area contributed by atoms with Crippen LogP contribution < -0.4 is 10.2 Å². The Hall–Kier alpha value is -4.21. The van der Waals surface area contributed by atoms with Gasteiger partial charge < -0.3 is 15.0 Å². The fraction of sp³-hybridized carbons (Fsp3) is 0.200. The number of aromatic nitrogens is 1. The lowest BCUT2D eigenvalue weighted by molar-refractivity contribution is -0.142. The number of benzene rings is 2. The third kappa shape index (κ3) is 5.48. The van der Waals surface area contributed by atoms with Crippen molar-refractivity contribution in [2.75, 3.05) is 16.8 Å². The molecule has 1 aliphatic rings. The molecule has 35 heavy (non-hydrogen) atoms. The molecule has 0 bridgehead atoms. The lowest BCUT2D eigenvalue weighted by Gasteiger charge is -2.23. The quantitative estimate of drug-likeness (QED) is 0.545. The Labute approximate surface area is 198 Å². The van der Waals surface area contributed by atoms with Crippen molar-refractivity contribution >= 4 is 29.2 Å². The second kappa shape index (κ2) is 9.57. The molecule has 0 saturated carbocycles. The summed E-state index contributed by atoms with van der Waals surface area (Å²) in [5.41, 5.74) is 2.31. The summed E-state index contributed by atoms with van der Waals surface area (Å²) in [4.78, 5) is 42.8. The Morgan fingerprint density at radius 2 is 1.80 bits per heavy atom. The molecule has 2 heterocycles. The van der Waals surface area contributed by atoms with E-state index in [4.69, 9.17) is 4.74 Å². The second-order valence-electron chi connectivity index (χ2n) is 7.91. The number of carbonyl (C=O) groups is 3. The average molecular weight is 483 g/mol. The molecule has 1 N–H and O–H groups in total. The van der Waals surface area contributed by atoms with Gasteiger partial charge in [0.2, 0.25) is 11.8 Å². The number of ether oxygens (including phenoxy) is 1. The molecule has 180 valence electrons. The van der Waals surface area contributed by atoms with E-state index in [1.165, 1.54) is 11.8 Å². The molecular formula is C25H20F3N3O4. The van der Waals surface area contributed by atoms with Crippen LogP contribution in [0.3, 0.4) is 0 Å². The van der Waals surface area contributed by atoms with Crippen molar-refractivity contribution < 1.29 is 32.3 Å². The number of alkyl halides is 3. The first-order valence-corrected chi connectivity index (χ1v) is 10.6. The largest absolute Gasteiger partial charge is 0.459 e. The van der Waals surface area contributed by atoms with Gasteiger partial charge in [0.25, 0.3) is 0 Å². The molecule has 1 aromatic heterocycles. The number of hydrogen-bond acceptors (Lipinski definition) is 5. The van der Waals surface area contributed by atoms with Crippen molar-refractivity contribution in [2.24, 2.45) is 0 Å². The zero-order chi connectivity index (χ0) is 25.2. The smallest absolute Gasteiger partial charge is 0.416 e. The Bertz CT molecular complexity index is 1290. The molecule has 0 aliphatic carbocycles. The first-order chi connectivity index (χ1) is 16.6. The molecule has 2 amide bonds. The summed E-state index contributed by atoms with van der Waals surface area (Å²) in [7, 11) is 0. The van der Waals surface area contributed by atoms with Crippen LogP contribution >= 0.6 is 0 Å². The maximum absolute atomic E-state index is 13.2. The third-order valence-corrected chi connectivity index (χ3v) is 5.40. The minimum Gasteiger partial charge on any atom is -0.459 e. The highest BCUT2D eigenvalue weighted by Gasteiger charge is 2.30. The van der Waals surface area contributed by atoms with Gasteiger partial charge in [-0.3, -0.25) is 19.4 Å². The van der Waals surface area contributed by atoms with E-state index >= 15 is 0 Å². The molecular weight excluding hydrogens is 463 g/mol. The average Bonchev–Trinajstić information content (AvgIpc) is 2.92. The van der Waals surface area contributed by atoms with Crippen molar-refractivity contribution in [3.8, 4) is 11.1 Å². The highest BCUT2D eigenvalue weighted by molar-refractivity contribution is 6.07. The maximum Gasteiger partial charge on any atom is 0.416 e. The number of esters is 1. The van der Waals surface area contributed by atoms with Crippen LogP contribution in [-0.2, 0) is 38.3 Å². The zero-order valence-electron chi connectivity index (χ0n) is 18.6. The van der Waals surface area contributed by atoms with E-state index in [0.29, 0.717) is 16.9 Å². The predicted octanol–water partition coefficient (Wildman–Crippen LogP) is 4.36. The molecule has 1 aliphatic heterocycles. The summed E-state index contributed by atoms with van der Waals surface area (Å²) >= 11 is 0. The Kier molecular flexibility index (Phi) is 6.54. The number of pyridine rings is 1. The predicted molar refractivity (Wildman–Crippen MR) is 121 cm³/mol. The number of halogens is 3. The van der Waals surface area contributed by atoms with Crippen molar-refractivity contribution in [3.05, 3.63) is 77.6 Å². The number of nitrogens with zero attached hydrogens (tertiary/aromatic N) is 2. The van der Waals surface area contributed by atoms with Gasteiger partial charge in [-0.2, -0.15) is 13.2 Å². The number of nitrogens with one attached hydrogen (secondary N) is 1. The highest BCUT2D eigenvalue weighted by Crippen LogP contribution is 2.37. The molecule has 0 saturated heterocycles. The van der Waals surface area contributed by atoms with E-state index in [0.717, 1.165) is 35.4 Å². The number of rotatable bonds is 5. The van der Waals surface area contributed by atoms with E-state index in [2.05, 4.69) is 10.3 Å². The van der Waals surface area contributed by atoms with Crippen LogP contribution in [0.1, 0.15) is 23.7 Å². The van der Waals surface area contributed by atoms with Crippen LogP contribution in [0.4, 0.5) is 24.5 Å². The van der Waals surface area contributed by atoms with Crippen LogP contribution in [0.5, 0.6) is 0 Å². The van der Waals surface area contributed by atoms with E-state index in [9.17, 15) is 27.6 Å². The van der Waals surface area contributed by atoms with Gasteiger partial charge in [0, 0.05) is 24.4 Å². The topological polar surface area (TPSA) is 88.6 Å². The molecule has 0 unspecified atom stereocenters. The SMILES string of the molecule is CC(=O)OCc1cc2c(cn1)-c1ccccc1CC(=O)N2CC(=O)Nc1ccc(C(F)(F)F)cc1. The van der Waals surface area contributed by atoms with Crippen LogP contribution in [0.15, 0.2) is 60.8 Å². The van der Waals surface area contributed by atoms with Gasteiger partial charge in [-0.1, -0.05) is 24.3 Å². The van der Waals surface area contributed by atoms with E-state index in [-0.39, 0.29) is 31.2 Å². The number of hydrogen-bond donors (Lipinski definition) is 1. The van der Waals surface area contributed by atoms with Crippen molar-refractivity contribution in [1.82, 2.24) is 4.98 Å². The molecule has 3 aromatic rings.